The highest BCUT2D eigenvalue weighted by Crippen LogP contribution is 2.62. The number of ketones is 1. The number of amides is 1. The number of thiazole rings is 1. The Bertz CT molecular complexity index is 1280. The Morgan fingerprint density at radius 3 is 2.64 bits per heavy atom. The second-order valence-corrected chi connectivity index (χ2v) is 12.9. The molecule has 2 aromatic rings. The summed E-state index contributed by atoms with van der Waals surface area (Å²) < 4.78 is 5.95. The maximum absolute atomic E-state index is 13.8. The highest BCUT2D eigenvalue weighted by atomic mass is 32.1. The van der Waals surface area contributed by atoms with Crippen LogP contribution in [0.1, 0.15) is 104 Å². The van der Waals surface area contributed by atoms with Gasteiger partial charge in [0.1, 0.15) is 6.10 Å². The Labute approximate surface area is 234 Å². The predicted molar refractivity (Wildman–Crippen MR) is 152 cm³/mol. The second kappa shape index (κ2) is 11.0. The number of aromatic nitrogens is 1. The zero-order valence-electron chi connectivity index (χ0n) is 22.9. The van der Waals surface area contributed by atoms with Crippen LogP contribution in [0.5, 0.6) is 0 Å². The normalized spacial score (nSPS) is 32.5. The zero-order valence-corrected chi connectivity index (χ0v) is 23.7. The van der Waals surface area contributed by atoms with Crippen molar-refractivity contribution in [3.05, 3.63) is 58.1 Å². The van der Waals surface area contributed by atoms with Crippen LogP contribution in [-0.4, -0.2) is 28.7 Å². The summed E-state index contributed by atoms with van der Waals surface area (Å²) in [6.45, 7) is 4.12. The summed E-state index contributed by atoms with van der Waals surface area (Å²) in [6, 6.07) is 9.19. The molecule has 2 unspecified atom stereocenters. The molecule has 1 aliphatic heterocycles. The lowest BCUT2D eigenvalue weighted by Crippen LogP contribution is -2.32. The van der Waals surface area contributed by atoms with Crippen LogP contribution in [-0.2, 0) is 14.3 Å². The van der Waals surface area contributed by atoms with E-state index in [0.29, 0.717) is 22.5 Å². The average molecular weight is 547 g/mol. The van der Waals surface area contributed by atoms with Gasteiger partial charge in [-0.15, -0.1) is 11.3 Å². The zero-order chi connectivity index (χ0) is 27.1. The number of allylic oxidation sites excluding steroid dienone is 2. The molecule has 2 heterocycles. The minimum atomic E-state index is -0.227. The Morgan fingerprint density at radius 2 is 1.85 bits per heavy atom. The summed E-state index contributed by atoms with van der Waals surface area (Å²) in [5.74, 6) is 0.540. The molecule has 6 rings (SSSR count). The molecule has 39 heavy (non-hydrogen) atoms. The maximum Gasteiger partial charge on any atom is 0.306 e. The van der Waals surface area contributed by atoms with E-state index >= 15 is 0 Å². The standard InChI is InChI=1S/C32H38N2O4S/c1-3-20-13-8-7-10-18(2)29(36)25-16-23-21-14-9-15-22(21)30-28(27(23)24(25)17-26(35)38-20)33-32(39-30)34-31(37)19-11-5-4-6-12-19/h4-6,11-12,16,18,20-24,27H,3,7-10,13-15,17H2,1-2H3,(H,33,34,37)/t18-,20+,21-,22?,23+,24-,27?/m1/s1. The van der Waals surface area contributed by atoms with Gasteiger partial charge in [0.25, 0.3) is 5.91 Å². The fourth-order valence-electron chi connectivity index (χ4n) is 7.59. The van der Waals surface area contributed by atoms with E-state index in [2.05, 4.69) is 18.3 Å². The fourth-order valence-corrected chi connectivity index (χ4v) is 8.82. The van der Waals surface area contributed by atoms with E-state index in [0.717, 1.165) is 62.6 Å². The average Bonchev–Trinajstić information content (AvgIpc) is 3.66. The van der Waals surface area contributed by atoms with Crippen molar-refractivity contribution < 1.29 is 19.1 Å². The third-order valence-electron chi connectivity index (χ3n) is 9.56. The van der Waals surface area contributed by atoms with E-state index in [-0.39, 0.29) is 53.9 Å². The van der Waals surface area contributed by atoms with Gasteiger partial charge in [0.2, 0.25) is 0 Å². The minimum absolute atomic E-state index is 0.0281. The smallest absolute Gasteiger partial charge is 0.306 e. The molecular weight excluding hydrogens is 508 g/mol. The van der Waals surface area contributed by atoms with Crippen molar-refractivity contribution in [3.63, 3.8) is 0 Å². The molecule has 1 aromatic heterocycles. The summed E-state index contributed by atoms with van der Waals surface area (Å²) in [5, 5.41) is 3.64. The first-order valence-corrected chi connectivity index (χ1v) is 15.6. The lowest BCUT2D eigenvalue weighted by molar-refractivity contribution is -0.150. The van der Waals surface area contributed by atoms with Gasteiger partial charge in [-0.1, -0.05) is 51.0 Å². The Kier molecular flexibility index (Phi) is 7.45. The third kappa shape index (κ3) is 4.99. The van der Waals surface area contributed by atoms with Gasteiger partial charge in [-0.2, -0.15) is 0 Å². The van der Waals surface area contributed by atoms with Crippen molar-refractivity contribution in [1.82, 2.24) is 4.98 Å². The number of hydrogen-bond acceptors (Lipinski definition) is 6. The van der Waals surface area contributed by atoms with E-state index < -0.39 is 0 Å². The van der Waals surface area contributed by atoms with Crippen LogP contribution in [0.15, 0.2) is 42.0 Å². The van der Waals surface area contributed by atoms with Gasteiger partial charge in [0.15, 0.2) is 10.9 Å². The van der Waals surface area contributed by atoms with Gasteiger partial charge in [0, 0.05) is 28.2 Å². The van der Waals surface area contributed by atoms with Crippen LogP contribution in [0, 0.1) is 23.7 Å². The number of nitrogens with one attached hydrogen (secondary N) is 1. The molecule has 1 amide bonds. The topological polar surface area (TPSA) is 85.4 Å². The number of nitrogens with zero attached hydrogens (tertiary/aromatic N) is 1. The molecule has 7 heteroatoms. The largest absolute Gasteiger partial charge is 0.462 e. The van der Waals surface area contributed by atoms with Crippen LogP contribution in [0.4, 0.5) is 5.13 Å². The van der Waals surface area contributed by atoms with Crippen LogP contribution in [0.25, 0.3) is 0 Å². The van der Waals surface area contributed by atoms with Crippen molar-refractivity contribution in [2.24, 2.45) is 23.7 Å². The number of carbonyl (C=O) groups is 3. The minimum Gasteiger partial charge on any atom is -0.462 e. The highest BCUT2D eigenvalue weighted by molar-refractivity contribution is 7.16. The number of Topliss-reactive ketones (excluding diaryl/α,β-unsaturated/α-hetero) is 1. The quantitative estimate of drug-likeness (QED) is 0.417. The number of ether oxygens (including phenoxy) is 1. The van der Waals surface area contributed by atoms with Crippen LogP contribution in [0.3, 0.4) is 0 Å². The molecule has 3 aliphatic carbocycles. The predicted octanol–water partition coefficient (Wildman–Crippen LogP) is 7.04. The van der Waals surface area contributed by atoms with Crippen LogP contribution in [0.2, 0.25) is 0 Å². The molecule has 6 nitrogen and oxygen atoms in total. The molecule has 1 saturated carbocycles. The second-order valence-electron chi connectivity index (χ2n) is 11.9. The number of cyclic esters (lactones) is 1. The number of esters is 1. The number of hydrogen-bond donors (Lipinski definition) is 1. The van der Waals surface area contributed by atoms with E-state index in [9.17, 15) is 14.4 Å². The number of fused-ring (bicyclic) bond motifs is 8. The summed E-state index contributed by atoms with van der Waals surface area (Å²) in [5.41, 5.74) is 2.41. The first kappa shape index (κ1) is 26.4. The molecule has 206 valence electrons. The van der Waals surface area contributed by atoms with Gasteiger partial charge >= 0.3 is 5.97 Å². The molecular formula is C32H38N2O4S. The summed E-state index contributed by atoms with van der Waals surface area (Å²) in [7, 11) is 0. The van der Waals surface area contributed by atoms with Gasteiger partial charge in [-0.3, -0.25) is 19.7 Å². The van der Waals surface area contributed by atoms with Crippen molar-refractivity contribution in [2.45, 2.75) is 89.6 Å². The fraction of sp³-hybridized carbons (Fsp3) is 0.562. The lowest BCUT2D eigenvalue weighted by Gasteiger charge is -2.37. The van der Waals surface area contributed by atoms with E-state index in [4.69, 9.17) is 9.72 Å². The highest BCUT2D eigenvalue weighted by Gasteiger charge is 2.53. The molecule has 7 atom stereocenters. The van der Waals surface area contributed by atoms with Crippen LogP contribution >= 0.6 is 11.3 Å². The molecule has 1 saturated heterocycles. The van der Waals surface area contributed by atoms with Gasteiger partial charge in [0.05, 0.1) is 12.1 Å². The number of benzene rings is 1. The van der Waals surface area contributed by atoms with Crippen molar-refractivity contribution in [2.75, 3.05) is 5.32 Å². The Hall–Kier alpha value is -2.80. The molecule has 1 N–H and O–H groups in total. The van der Waals surface area contributed by atoms with Crippen LogP contribution < -0.4 is 5.32 Å². The van der Waals surface area contributed by atoms with E-state index in [1.165, 1.54) is 4.88 Å². The Balaban J connectivity index is 1.36. The number of anilines is 1. The van der Waals surface area contributed by atoms with Gasteiger partial charge in [-0.05, 0) is 74.0 Å². The van der Waals surface area contributed by atoms with E-state index in [1.807, 2.05) is 25.1 Å². The number of carbonyl (C=O) groups excluding carboxylic acids is 3. The van der Waals surface area contributed by atoms with Gasteiger partial charge < -0.3 is 4.74 Å². The van der Waals surface area contributed by atoms with E-state index in [1.54, 1.807) is 23.5 Å². The summed E-state index contributed by atoms with van der Waals surface area (Å²) in [4.78, 5) is 46.3. The molecule has 4 aliphatic rings. The number of rotatable bonds is 3. The lowest BCUT2D eigenvalue weighted by atomic mass is 9.67. The molecule has 1 aromatic carbocycles. The molecule has 0 radical (unpaired) electrons. The third-order valence-corrected chi connectivity index (χ3v) is 10.7. The Morgan fingerprint density at radius 1 is 1.05 bits per heavy atom. The maximum atomic E-state index is 13.8. The SMILES string of the molecule is CC[C@H]1CCCC[C@@H](C)C(=O)C2=C[C@@H]3C(c4nc(NC(=O)c5ccccc5)sc4C4CCC[C@H]43)[C@@H]2CC(=O)O1. The molecule has 0 spiro atoms. The van der Waals surface area contributed by atoms with Crippen molar-refractivity contribution in [3.8, 4) is 0 Å². The van der Waals surface area contributed by atoms with Crippen molar-refractivity contribution in [1.29, 1.82) is 0 Å². The monoisotopic (exact) mass is 546 g/mol. The van der Waals surface area contributed by atoms with Crippen molar-refractivity contribution >= 4 is 34.1 Å². The summed E-state index contributed by atoms with van der Waals surface area (Å²) >= 11 is 1.58. The molecule has 0 bridgehead atoms. The van der Waals surface area contributed by atoms with Gasteiger partial charge in [-0.25, -0.2) is 4.98 Å². The molecule has 2 fully saturated rings. The first-order chi connectivity index (χ1) is 18.9. The summed E-state index contributed by atoms with van der Waals surface area (Å²) in [6.07, 6.45) is 10.2. The first-order valence-electron chi connectivity index (χ1n) is 14.8.